The molecule has 0 radical (unpaired) electrons. The van der Waals surface area contributed by atoms with Crippen molar-refractivity contribution in [1.29, 1.82) is 0 Å². The van der Waals surface area contributed by atoms with Crippen LogP contribution >= 0.6 is 11.3 Å². The molecule has 0 spiro atoms. The van der Waals surface area contributed by atoms with Crippen LogP contribution in [-0.2, 0) is 9.59 Å². The first kappa shape index (κ1) is 17.6. The lowest BCUT2D eigenvalue weighted by molar-refractivity contribution is -0.118. The van der Waals surface area contributed by atoms with Crippen molar-refractivity contribution in [1.82, 2.24) is 15.0 Å². The molecule has 3 rings (SSSR count). The number of piperidine rings is 1. The van der Waals surface area contributed by atoms with Gasteiger partial charge in [0.15, 0.2) is 10.9 Å². The van der Waals surface area contributed by atoms with Crippen molar-refractivity contribution in [2.45, 2.75) is 39.2 Å². The lowest BCUT2D eigenvalue weighted by Crippen LogP contribution is -2.39. The van der Waals surface area contributed by atoms with Gasteiger partial charge in [-0.2, -0.15) is 0 Å². The Balaban J connectivity index is 1.65. The SMILES string of the molecule is CC(=O)Nc1nc([C@@H]2CCCCN2CC(=O)Nc2cc(C)on2)cs1. The zero-order valence-corrected chi connectivity index (χ0v) is 15.1. The molecule has 1 saturated heterocycles. The molecule has 0 aliphatic carbocycles. The average Bonchev–Trinajstić information content (AvgIpc) is 3.16. The first-order valence-corrected chi connectivity index (χ1v) is 9.09. The number of aromatic nitrogens is 2. The van der Waals surface area contributed by atoms with Gasteiger partial charge in [0.25, 0.3) is 0 Å². The van der Waals surface area contributed by atoms with E-state index < -0.39 is 0 Å². The number of hydrogen-bond acceptors (Lipinski definition) is 7. The molecule has 2 aromatic heterocycles. The van der Waals surface area contributed by atoms with Crippen LogP contribution in [0.4, 0.5) is 10.9 Å². The molecular formula is C16H21N5O3S. The predicted molar refractivity (Wildman–Crippen MR) is 94.5 cm³/mol. The van der Waals surface area contributed by atoms with Gasteiger partial charge < -0.3 is 15.2 Å². The van der Waals surface area contributed by atoms with E-state index in [-0.39, 0.29) is 24.4 Å². The molecule has 3 heterocycles. The quantitative estimate of drug-likeness (QED) is 0.847. The number of thiazole rings is 1. The minimum atomic E-state index is -0.135. The molecular weight excluding hydrogens is 342 g/mol. The van der Waals surface area contributed by atoms with Crippen LogP contribution in [0, 0.1) is 6.92 Å². The molecule has 25 heavy (non-hydrogen) atoms. The molecule has 8 nitrogen and oxygen atoms in total. The fourth-order valence-corrected chi connectivity index (χ4v) is 3.76. The van der Waals surface area contributed by atoms with E-state index in [1.54, 1.807) is 13.0 Å². The number of likely N-dealkylation sites (tertiary alicyclic amines) is 1. The highest BCUT2D eigenvalue weighted by molar-refractivity contribution is 7.13. The molecule has 2 aromatic rings. The Labute approximate surface area is 149 Å². The van der Waals surface area contributed by atoms with Gasteiger partial charge >= 0.3 is 0 Å². The molecule has 1 aliphatic rings. The topological polar surface area (TPSA) is 100 Å². The van der Waals surface area contributed by atoms with Gasteiger partial charge in [-0.15, -0.1) is 11.3 Å². The third-order valence-electron chi connectivity index (χ3n) is 4.00. The lowest BCUT2D eigenvalue weighted by atomic mass is 10.00. The van der Waals surface area contributed by atoms with Crippen LogP contribution in [0.25, 0.3) is 0 Å². The summed E-state index contributed by atoms with van der Waals surface area (Å²) in [7, 11) is 0. The summed E-state index contributed by atoms with van der Waals surface area (Å²) >= 11 is 1.41. The highest BCUT2D eigenvalue weighted by Crippen LogP contribution is 2.32. The van der Waals surface area contributed by atoms with E-state index >= 15 is 0 Å². The summed E-state index contributed by atoms with van der Waals surface area (Å²) in [5.74, 6) is 0.818. The molecule has 0 bridgehead atoms. The average molecular weight is 363 g/mol. The maximum Gasteiger partial charge on any atom is 0.239 e. The standard InChI is InChI=1S/C16H21N5O3S/c1-10-7-14(20-24-10)19-15(23)8-21-6-4-3-5-13(21)12-9-25-16(18-12)17-11(2)22/h7,9,13H,3-6,8H2,1-2H3,(H,17,18,22)(H,19,20,23)/t13-/m0/s1. The summed E-state index contributed by atoms with van der Waals surface area (Å²) in [6, 6.07) is 1.77. The van der Waals surface area contributed by atoms with E-state index in [4.69, 9.17) is 4.52 Å². The Hall–Kier alpha value is -2.26. The summed E-state index contributed by atoms with van der Waals surface area (Å²) in [5.41, 5.74) is 0.901. The molecule has 134 valence electrons. The number of aryl methyl sites for hydroxylation is 1. The number of amides is 2. The zero-order chi connectivity index (χ0) is 17.8. The number of anilines is 2. The van der Waals surface area contributed by atoms with Gasteiger partial charge in [-0.1, -0.05) is 11.6 Å². The summed E-state index contributed by atoms with van der Waals surface area (Å²) in [6.45, 7) is 4.34. The van der Waals surface area contributed by atoms with Crippen LogP contribution in [0.15, 0.2) is 16.0 Å². The van der Waals surface area contributed by atoms with Crippen LogP contribution in [0.2, 0.25) is 0 Å². The van der Waals surface area contributed by atoms with Crippen molar-refractivity contribution in [3.8, 4) is 0 Å². The largest absolute Gasteiger partial charge is 0.360 e. The van der Waals surface area contributed by atoms with Crippen LogP contribution in [-0.4, -0.2) is 39.9 Å². The number of rotatable bonds is 5. The van der Waals surface area contributed by atoms with E-state index in [2.05, 4.69) is 25.7 Å². The van der Waals surface area contributed by atoms with E-state index in [1.165, 1.54) is 18.3 Å². The Kier molecular flexibility index (Phi) is 5.44. The smallest absolute Gasteiger partial charge is 0.239 e. The Morgan fingerprint density at radius 1 is 1.40 bits per heavy atom. The molecule has 0 unspecified atom stereocenters. The summed E-state index contributed by atoms with van der Waals surface area (Å²) < 4.78 is 4.96. The minimum Gasteiger partial charge on any atom is -0.360 e. The zero-order valence-electron chi connectivity index (χ0n) is 14.2. The lowest BCUT2D eigenvalue weighted by Gasteiger charge is -2.34. The number of carbonyl (C=O) groups is 2. The molecule has 1 aliphatic heterocycles. The van der Waals surface area contributed by atoms with E-state index in [1.807, 2.05) is 5.38 Å². The normalized spacial score (nSPS) is 18.1. The number of hydrogen-bond donors (Lipinski definition) is 2. The Morgan fingerprint density at radius 3 is 2.96 bits per heavy atom. The van der Waals surface area contributed by atoms with Crippen molar-refractivity contribution in [2.75, 3.05) is 23.7 Å². The third kappa shape index (κ3) is 4.64. The van der Waals surface area contributed by atoms with E-state index in [9.17, 15) is 9.59 Å². The highest BCUT2D eigenvalue weighted by atomic mass is 32.1. The summed E-state index contributed by atoms with van der Waals surface area (Å²) in [6.07, 6.45) is 3.09. The van der Waals surface area contributed by atoms with E-state index in [0.29, 0.717) is 16.7 Å². The van der Waals surface area contributed by atoms with Crippen molar-refractivity contribution in [3.63, 3.8) is 0 Å². The van der Waals surface area contributed by atoms with Gasteiger partial charge in [-0.3, -0.25) is 14.5 Å². The van der Waals surface area contributed by atoms with Crippen molar-refractivity contribution >= 4 is 34.1 Å². The fourth-order valence-electron chi connectivity index (χ4n) is 2.95. The Bertz CT molecular complexity index is 757. The fraction of sp³-hybridized carbons (Fsp3) is 0.500. The number of carbonyl (C=O) groups excluding carboxylic acids is 2. The van der Waals surface area contributed by atoms with Gasteiger partial charge in [-0.25, -0.2) is 4.98 Å². The minimum absolute atomic E-state index is 0.0808. The molecule has 0 saturated carbocycles. The second-order valence-electron chi connectivity index (χ2n) is 6.11. The highest BCUT2D eigenvalue weighted by Gasteiger charge is 2.27. The molecule has 9 heteroatoms. The monoisotopic (exact) mass is 363 g/mol. The van der Waals surface area contributed by atoms with Crippen LogP contribution in [0.3, 0.4) is 0 Å². The van der Waals surface area contributed by atoms with Crippen LogP contribution in [0.5, 0.6) is 0 Å². The third-order valence-corrected chi connectivity index (χ3v) is 4.78. The summed E-state index contributed by atoms with van der Waals surface area (Å²) in [5, 5.41) is 11.8. The van der Waals surface area contributed by atoms with Gasteiger partial charge in [0.1, 0.15) is 5.76 Å². The van der Waals surface area contributed by atoms with Crippen molar-refractivity contribution in [2.24, 2.45) is 0 Å². The number of nitrogens with one attached hydrogen (secondary N) is 2. The first-order valence-electron chi connectivity index (χ1n) is 8.21. The first-order chi connectivity index (χ1) is 12.0. The summed E-state index contributed by atoms with van der Waals surface area (Å²) in [4.78, 5) is 30.1. The van der Waals surface area contributed by atoms with Crippen molar-refractivity contribution in [3.05, 3.63) is 22.9 Å². The maximum absolute atomic E-state index is 12.3. The van der Waals surface area contributed by atoms with E-state index in [0.717, 1.165) is 31.5 Å². The van der Waals surface area contributed by atoms with Crippen LogP contribution < -0.4 is 10.6 Å². The van der Waals surface area contributed by atoms with Gasteiger partial charge in [0.05, 0.1) is 18.3 Å². The molecule has 2 amide bonds. The second-order valence-corrected chi connectivity index (χ2v) is 6.97. The van der Waals surface area contributed by atoms with Gasteiger partial charge in [0, 0.05) is 18.4 Å². The number of nitrogens with zero attached hydrogens (tertiary/aromatic N) is 3. The molecule has 2 N–H and O–H groups in total. The predicted octanol–water partition coefficient (Wildman–Crippen LogP) is 2.56. The maximum atomic E-state index is 12.3. The Morgan fingerprint density at radius 2 is 2.24 bits per heavy atom. The van der Waals surface area contributed by atoms with Gasteiger partial charge in [0.2, 0.25) is 11.8 Å². The molecule has 1 fully saturated rings. The van der Waals surface area contributed by atoms with Gasteiger partial charge in [-0.05, 0) is 26.3 Å². The molecule has 1 atom stereocenters. The molecule has 0 aromatic carbocycles. The second kappa shape index (κ2) is 7.75. The van der Waals surface area contributed by atoms with Crippen LogP contribution in [0.1, 0.15) is 43.7 Å². The van der Waals surface area contributed by atoms with Crippen molar-refractivity contribution < 1.29 is 14.1 Å².